The molecule has 5 rings (SSSR count). The van der Waals surface area contributed by atoms with E-state index in [1.807, 2.05) is 0 Å². The van der Waals surface area contributed by atoms with Gasteiger partial charge in [0, 0.05) is 19.9 Å². The van der Waals surface area contributed by atoms with Crippen LogP contribution in [0.4, 0.5) is 14.4 Å². The van der Waals surface area contributed by atoms with Crippen LogP contribution < -0.4 is 27.0 Å². The molecule has 0 saturated carbocycles. The van der Waals surface area contributed by atoms with Crippen molar-refractivity contribution in [3.05, 3.63) is 144 Å². The predicted molar refractivity (Wildman–Crippen MR) is 222 cm³/mol. The summed E-state index contributed by atoms with van der Waals surface area (Å²) in [6.07, 6.45) is -4.37. The van der Waals surface area contributed by atoms with E-state index in [9.17, 15) is 33.6 Å². The van der Waals surface area contributed by atoms with Gasteiger partial charge in [0.1, 0.15) is 31.9 Å². The van der Waals surface area contributed by atoms with Crippen LogP contribution in [-0.2, 0) is 64.4 Å². The van der Waals surface area contributed by atoms with Gasteiger partial charge in [-0.05, 0) is 35.1 Å². The second-order valence-electron chi connectivity index (χ2n) is 13.9. The van der Waals surface area contributed by atoms with Gasteiger partial charge in [0.15, 0.2) is 6.04 Å². The van der Waals surface area contributed by atoms with Crippen molar-refractivity contribution in [3.8, 4) is 0 Å². The van der Waals surface area contributed by atoms with Crippen LogP contribution in [0.15, 0.2) is 126 Å². The van der Waals surface area contributed by atoms with Crippen LogP contribution in [-0.4, -0.2) is 83.7 Å². The fourth-order valence-electron chi connectivity index (χ4n) is 5.99. The van der Waals surface area contributed by atoms with Gasteiger partial charge in [-0.2, -0.15) is 0 Å². The molecule has 6 N–H and O–H groups in total. The first-order valence-electron chi connectivity index (χ1n) is 19.6. The highest BCUT2D eigenvalue weighted by atomic mass is 16.6. The maximum atomic E-state index is 14.1. The monoisotopic (exact) mass is 849 g/mol. The number of carbonyl (C=O) groups is 7. The number of hydrogen-bond donors (Lipinski definition) is 5. The van der Waals surface area contributed by atoms with Gasteiger partial charge in [-0.25, -0.2) is 19.3 Å². The molecular weight excluding hydrogens is 803 g/mol. The van der Waals surface area contributed by atoms with Gasteiger partial charge < -0.3 is 45.9 Å². The zero-order chi connectivity index (χ0) is 44.3. The number of hydrogen-bond acceptors (Lipinski definition) is 11. The molecule has 1 heterocycles. The minimum absolute atomic E-state index is 0.0371. The van der Waals surface area contributed by atoms with Crippen molar-refractivity contribution in [2.75, 3.05) is 6.54 Å². The lowest BCUT2D eigenvalue weighted by molar-refractivity contribution is -0.164. The van der Waals surface area contributed by atoms with E-state index in [4.69, 9.17) is 24.7 Å². The first kappa shape index (κ1) is 45.3. The van der Waals surface area contributed by atoms with Gasteiger partial charge in [0.2, 0.25) is 24.0 Å². The molecule has 0 aliphatic carbocycles. The molecule has 0 aromatic heterocycles. The van der Waals surface area contributed by atoms with Crippen molar-refractivity contribution in [1.82, 2.24) is 26.2 Å². The molecule has 0 spiro atoms. The standard InChI is InChI=1S/C44H47N7O11/c1-29(52)62-40-36(39(55)49-40)48-38(54)35(25-30-15-6-2-7-16-30)46-37(53)34(47-42(56)59-26-31-17-8-3-9-18-31)23-14-24-51(44(58)61-28-33-21-12-5-13-22-33)41(45)50-43(57)60-27-32-19-10-4-11-20-32/h2-13,15-22,34-36,40H,14,23-28H2,1H3,(H,46,53)(H,47,56)(H,48,54)(H,49,55)(H2,45,50,57)/t34-,35-,36+,40-/m0/s1. The third-order valence-electron chi connectivity index (χ3n) is 9.18. The number of nitrogens with two attached hydrogens (primary N) is 1. The number of nitrogens with zero attached hydrogens (tertiary/aromatic N) is 2. The molecule has 1 saturated heterocycles. The molecule has 18 nitrogen and oxygen atoms in total. The summed E-state index contributed by atoms with van der Waals surface area (Å²) in [6.45, 7) is 0.510. The van der Waals surface area contributed by atoms with E-state index in [2.05, 4.69) is 26.3 Å². The van der Waals surface area contributed by atoms with Crippen LogP contribution in [0.5, 0.6) is 0 Å². The fourth-order valence-corrected chi connectivity index (χ4v) is 5.99. The third kappa shape index (κ3) is 14.5. The number of carbonyl (C=O) groups excluding carboxylic acids is 7. The second kappa shape index (κ2) is 23.1. The smallest absolute Gasteiger partial charge is 0.437 e. The maximum absolute atomic E-state index is 14.1. The summed E-state index contributed by atoms with van der Waals surface area (Å²) in [6, 6.07) is 31.3. The highest BCUT2D eigenvalue weighted by Crippen LogP contribution is 2.13. The lowest BCUT2D eigenvalue weighted by Crippen LogP contribution is -2.71. The van der Waals surface area contributed by atoms with Crippen molar-refractivity contribution in [2.45, 2.75) is 70.4 Å². The Kier molecular flexibility index (Phi) is 16.9. The SMILES string of the molecule is CC(=O)O[C@@H]1NC(=O)[C@H]1NC(=O)[C@H](Cc1ccccc1)NC(=O)[C@H](CCCN(C(=O)OCc1ccccc1)C(N)=NC(=O)OCc1ccccc1)NC(=O)OCc1ccccc1. The van der Waals surface area contributed by atoms with Crippen LogP contribution in [0.2, 0.25) is 0 Å². The highest BCUT2D eigenvalue weighted by Gasteiger charge is 2.44. The Hall–Kier alpha value is -7.76. The molecule has 4 atom stereocenters. The molecule has 324 valence electrons. The number of ether oxygens (including phenoxy) is 4. The quantitative estimate of drug-likeness (QED) is 0.0317. The molecule has 1 aliphatic heterocycles. The van der Waals surface area contributed by atoms with Gasteiger partial charge in [-0.15, -0.1) is 4.99 Å². The van der Waals surface area contributed by atoms with E-state index < -0.39 is 72.3 Å². The number of benzene rings is 4. The van der Waals surface area contributed by atoms with E-state index in [-0.39, 0.29) is 45.6 Å². The summed E-state index contributed by atoms with van der Waals surface area (Å²) in [5.41, 5.74) is 8.88. The van der Waals surface area contributed by atoms with Crippen molar-refractivity contribution in [2.24, 2.45) is 10.7 Å². The summed E-state index contributed by atoms with van der Waals surface area (Å²) in [5.74, 6) is -3.44. The van der Waals surface area contributed by atoms with E-state index in [0.29, 0.717) is 22.3 Å². The third-order valence-corrected chi connectivity index (χ3v) is 9.18. The Balaban J connectivity index is 1.33. The number of alkyl carbamates (subject to hydrolysis) is 1. The highest BCUT2D eigenvalue weighted by molar-refractivity contribution is 5.98. The molecule has 18 heteroatoms. The van der Waals surface area contributed by atoms with E-state index >= 15 is 0 Å². The van der Waals surface area contributed by atoms with Crippen LogP contribution >= 0.6 is 0 Å². The number of nitrogens with one attached hydrogen (secondary N) is 4. The number of amides is 6. The van der Waals surface area contributed by atoms with Crippen molar-refractivity contribution in [1.29, 1.82) is 0 Å². The molecule has 4 aromatic carbocycles. The average molecular weight is 850 g/mol. The molecule has 62 heavy (non-hydrogen) atoms. The Morgan fingerprint density at radius 1 is 0.694 bits per heavy atom. The number of β-lactam (4-membered cyclic amide) rings is 1. The van der Waals surface area contributed by atoms with Gasteiger partial charge in [0.05, 0.1) is 0 Å². The van der Waals surface area contributed by atoms with E-state index in [1.54, 1.807) is 121 Å². The summed E-state index contributed by atoms with van der Waals surface area (Å²) < 4.78 is 21.2. The van der Waals surface area contributed by atoms with Crippen LogP contribution in [0.25, 0.3) is 0 Å². The molecule has 0 radical (unpaired) electrons. The number of esters is 1. The van der Waals surface area contributed by atoms with Crippen LogP contribution in [0.3, 0.4) is 0 Å². The zero-order valence-electron chi connectivity index (χ0n) is 33.8. The minimum Gasteiger partial charge on any atom is -0.445 e. The summed E-state index contributed by atoms with van der Waals surface area (Å²) in [7, 11) is 0. The second-order valence-corrected chi connectivity index (χ2v) is 13.9. The fraction of sp³-hybridized carbons (Fsp3) is 0.273. The average Bonchev–Trinajstić information content (AvgIpc) is 3.27. The summed E-state index contributed by atoms with van der Waals surface area (Å²) in [4.78, 5) is 95.7. The van der Waals surface area contributed by atoms with Crippen LogP contribution in [0.1, 0.15) is 42.0 Å². The first-order valence-corrected chi connectivity index (χ1v) is 19.6. The van der Waals surface area contributed by atoms with E-state index in [1.165, 1.54) is 0 Å². The summed E-state index contributed by atoms with van der Waals surface area (Å²) in [5, 5.41) is 10.1. The largest absolute Gasteiger partial charge is 0.445 e. The van der Waals surface area contributed by atoms with E-state index in [0.717, 1.165) is 11.8 Å². The number of guanidine groups is 1. The number of rotatable bonds is 18. The Labute approximate surface area is 357 Å². The van der Waals surface area contributed by atoms with Crippen LogP contribution in [0, 0.1) is 0 Å². The van der Waals surface area contributed by atoms with Crippen molar-refractivity contribution < 1.29 is 52.5 Å². The molecule has 4 aromatic rings. The Bertz CT molecular complexity index is 2180. The topological polar surface area (TPSA) is 246 Å². The Morgan fingerprint density at radius 3 is 1.74 bits per heavy atom. The minimum atomic E-state index is -1.37. The zero-order valence-corrected chi connectivity index (χ0v) is 33.8. The lowest BCUT2D eigenvalue weighted by atomic mass is 10.0. The molecule has 1 aliphatic rings. The van der Waals surface area contributed by atoms with Gasteiger partial charge in [0.25, 0.3) is 5.91 Å². The molecule has 0 unspecified atom stereocenters. The normalized spacial score (nSPS) is 15.2. The lowest BCUT2D eigenvalue weighted by Gasteiger charge is -2.36. The molecule has 1 fully saturated rings. The number of aliphatic imine (C=N–C) groups is 1. The van der Waals surface area contributed by atoms with Gasteiger partial charge in [-0.3, -0.25) is 19.2 Å². The first-order chi connectivity index (χ1) is 29.9. The Morgan fingerprint density at radius 2 is 1.21 bits per heavy atom. The summed E-state index contributed by atoms with van der Waals surface area (Å²) >= 11 is 0. The maximum Gasteiger partial charge on any atom is 0.437 e. The molecular formula is C44H47N7O11. The predicted octanol–water partition coefficient (Wildman–Crippen LogP) is 3.58. The van der Waals surface area contributed by atoms with Gasteiger partial charge >= 0.3 is 24.2 Å². The van der Waals surface area contributed by atoms with Crippen molar-refractivity contribution >= 4 is 47.9 Å². The molecule has 6 amide bonds. The molecule has 0 bridgehead atoms. The van der Waals surface area contributed by atoms with Crippen molar-refractivity contribution in [3.63, 3.8) is 0 Å². The van der Waals surface area contributed by atoms with Gasteiger partial charge in [-0.1, -0.05) is 121 Å².